The van der Waals surface area contributed by atoms with Crippen LogP contribution in [0.5, 0.6) is 11.5 Å². The van der Waals surface area contributed by atoms with E-state index in [4.69, 9.17) is 16.3 Å². The molecule has 2 heterocycles. The van der Waals surface area contributed by atoms with Gasteiger partial charge in [0.25, 0.3) is 5.56 Å². The van der Waals surface area contributed by atoms with Gasteiger partial charge in [-0.15, -0.1) is 0 Å². The van der Waals surface area contributed by atoms with E-state index in [0.29, 0.717) is 6.07 Å². The van der Waals surface area contributed by atoms with E-state index in [0.717, 1.165) is 18.7 Å². The van der Waals surface area contributed by atoms with Gasteiger partial charge in [-0.1, -0.05) is 11.6 Å². The van der Waals surface area contributed by atoms with Crippen LogP contribution in [0.4, 0.5) is 35.1 Å². The van der Waals surface area contributed by atoms with Crippen molar-refractivity contribution in [3.63, 3.8) is 0 Å². The Morgan fingerprint density at radius 1 is 1.06 bits per heavy atom. The van der Waals surface area contributed by atoms with Crippen molar-refractivity contribution in [2.75, 3.05) is 0 Å². The number of alkyl halides is 8. The number of hydrogen-bond donors (Lipinski definition) is 1. The number of nitrogens with one attached hydrogen (secondary N) is 1. The first-order valence-corrected chi connectivity index (χ1v) is 8.12. The van der Waals surface area contributed by atoms with Crippen LogP contribution in [-0.4, -0.2) is 21.1 Å². The summed E-state index contributed by atoms with van der Waals surface area (Å²) >= 11 is 5.42. The molecular weight excluding hydrogens is 470 g/mol. The number of halogens is 9. The molecular formula is C16H6ClF8N3O3. The molecule has 31 heavy (non-hydrogen) atoms. The highest BCUT2D eigenvalue weighted by molar-refractivity contribution is 6.31. The van der Waals surface area contributed by atoms with Gasteiger partial charge in [0.2, 0.25) is 5.75 Å². The van der Waals surface area contributed by atoms with Crippen LogP contribution in [0.3, 0.4) is 0 Å². The monoisotopic (exact) mass is 475 g/mol. The lowest BCUT2D eigenvalue weighted by Gasteiger charge is -2.21. The molecule has 3 aromatic rings. The van der Waals surface area contributed by atoms with Gasteiger partial charge in [-0.05, 0) is 18.2 Å². The molecule has 0 saturated carbocycles. The van der Waals surface area contributed by atoms with Crippen LogP contribution in [0.25, 0.3) is 11.5 Å². The molecule has 0 atom stereocenters. The van der Waals surface area contributed by atoms with Crippen LogP contribution in [-0.2, 0) is 12.1 Å². The minimum absolute atomic E-state index is 0.225. The van der Waals surface area contributed by atoms with E-state index in [2.05, 4.69) is 14.4 Å². The second-order valence-electron chi connectivity index (χ2n) is 5.78. The van der Waals surface area contributed by atoms with E-state index in [-0.39, 0.29) is 6.07 Å². The van der Waals surface area contributed by atoms with E-state index in [1.165, 1.54) is 0 Å². The topological polar surface area (TPSA) is 81.0 Å². The van der Waals surface area contributed by atoms with Crippen LogP contribution in [0.1, 0.15) is 11.3 Å². The Morgan fingerprint density at radius 2 is 1.74 bits per heavy atom. The molecule has 0 aliphatic heterocycles. The largest absolute Gasteiger partial charge is 0.459 e. The average Bonchev–Trinajstić information content (AvgIpc) is 3.17. The summed E-state index contributed by atoms with van der Waals surface area (Å²) in [5.74, 6) is -9.10. The summed E-state index contributed by atoms with van der Waals surface area (Å²) in [5, 5.41) is -0.797. The highest BCUT2D eigenvalue weighted by Gasteiger charge is 2.62. The molecule has 0 fully saturated rings. The third kappa shape index (κ3) is 4.33. The van der Waals surface area contributed by atoms with Gasteiger partial charge in [0.15, 0.2) is 17.9 Å². The van der Waals surface area contributed by atoms with Crippen molar-refractivity contribution in [3.8, 4) is 23.0 Å². The molecule has 0 spiro atoms. The lowest BCUT2D eigenvalue weighted by Crippen LogP contribution is -2.36. The maximum atomic E-state index is 14.1. The third-order valence-corrected chi connectivity index (χ3v) is 4.00. The number of ether oxygens (including phenoxy) is 1. The van der Waals surface area contributed by atoms with Crippen molar-refractivity contribution < 1.29 is 44.3 Å². The van der Waals surface area contributed by atoms with Crippen molar-refractivity contribution in [2.24, 2.45) is 0 Å². The van der Waals surface area contributed by atoms with Crippen LogP contribution < -0.4 is 10.3 Å². The minimum atomic E-state index is -6.22. The fourth-order valence-electron chi connectivity index (χ4n) is 2.26. The molecule has 0 radical (unpaired) electrons. The van der Waals surface area contributed by atoms with Crippen molar-refractivity contribution in [1.29, 1.82) is 0 Å². The third-order valence-electron chi connectivity index (χ3n) is 3.67. The molecule has 0 aliphatic carbocycles. The fraction of sp³-hybridized carbons (Fsp3) is 0.188. The highest BCUT2D eigenvalue weighted by Crippen LogP contribution is 2.46. The van der Waals surface area contributed by atoms with Crippen molar-refractivity contribution in [2.45, 2.75) is 18.3 Å². The molecule has 3 rings (SSSR count). The number of H-pyrrole nitrogens is 1. The Morgan fingerprint density at radius 3 is 2.29 bits per heavy atom. The van der Waals surface area contributed by atoms with Gasteiger partial charge in [0.05, 0.1) is 10.6 Å². The SMILES string of the molecule is O=c1[nH]c(-c2cocn2)nc(C(F)(F)C(F)(F)F)c1Oc1ccc(Cl)c(C(F)(F)F)c1. The normalized spacial score (nSPS) is 12.8. The number of hydrogen-bond acceptors (Lipinski definition) is 5. The van der Waals surface area contributed by atoms with Crippen LogP contribution >= 0.6 is 11.6 Å². The minimum Gasteiger partial charge on any atom is -0.451 e. The van der Waals surface area contributed by atoms with Crippen molar-refractivity contribution in [3.05, 3.63) is 57.5 Å². The number of rotatable bonds is 4. The van der Waals surface area contributed by atoms with E-state index in [9.17, 15) is 39.9 Å². The van der Waals surface area contributed by atoms with Crippen LogP contribution in [0, 0.1) is 0 Å². The first-order valence-electron chi connectivity index (χ1n) is 7.74. The zero-order valence-corrected chi connectivity index (χ0v) is 15.2. The molecule has 15 heteroatoms. The Labute approximate surface area is 170 Å². The molecule has 0 amide bonds. The smallest absolute Gasteiger partial charge is 0.451 e. The zero-order chi connectivity index (χ0) is 23.2. The molecule has 0 aliphatic rings. The molecule has 0 unspecified atom stereocenters. The molecule has 1 aromatic carbocycles. The summed E-state index contributed by atoms with van der Waals surface area (Å²) in [7, 11) is 0. The lowest BCUT2D eigenvalue weighted by atomic mass is 10.2. The van der Waals surface area contributed by atoms with E-state index in [1.807, 2.05) is 4.98 Å². The van der Waals surface area contributed by atoms with Gasteiger partial charge in [0, 0.05) is 0 Å². The summed E-state index contributed by atoms with van der Waals surface area (Å²) in [5.41, 5.74) is -5.70. The van der Waals surface area contributed by atoms with Crippen LogP contribution in [0.15, 0.2) is 40.1 Å². The van der Waals surface area contributed by atoms with E-state index >= 15 is 0 Å². The Kier molecular flexibility index (Phi) is 5.46. The van der Waals surface area contributed by atoms with E-state index in [1.54, 1.807) is 0 Å². The first-order chi connectivity index (χ1) is 14.2. The van der Waals surface area contributed by atoms with E-state index < -0.39 is 63.1 Å². The molecule has 0 saturated heterocycles. The molecule has 6 nitrogen and oxygen atoms in total. The van der Waals surface area contributed by atoms with Gasteiger partial charge in [-0.3, -0.25) is 4.79 Å². The predicted octanol–water partition coefficient (Wildman–Crippen LogP) is 5.54. The summed E-state index contributed by atoms with van der Waals surface area (Å²) in [6.45, 7) is 0. The summed E-state index contributed by atoms with van der Waals surface area (Å²) in [4.78, 5) is 20.7. The lowest BCUT2D eigenvalue weighted by molar-refractivity contribution is -0.291. The summed E-state index contributed by atoms with van der Waals surface area (Å²) < 4.78 is 115. The van der Waals surface area contributed by atoms with Crippen molar-refractivity contribution in [1.82, 2.24) is 15.0 Å². The summed E-state index contributed by atoms with van der Waals surface area (Å²) in [6, 6.07) is 1.62. The quantitative estimate of drug-likeness (QED) is 0.501. The van der Waals surface area contributed by atoms with Gasteiger partial charge < -0.3 is 14.1 Å². The van der Waals surface area contributed by atoms with Gasteiger partial charge in [0.1, 0.15) is 17.7 Å². The number of oxazole rings is 1. The number of aromatic amines is 1. The maximum Gasteiger partial charge on any atom is 0.459 e. The maximum absolute atomic E-state index is 14.1. The molecule has 2 aromatic heterocycles. The number of nitrogens with zero attached hydrogens (tertiary/aromatic N) is 2. The predicted molar refractivity (Wildman–Crippen MR) is 86.8 cm³/mol. The zero-order valence-electron chi connectivity index (χ0n) is 14.4. The van der Waals surface area contributed by atoms with Crippen molar-refractivity contribution >= 4 is 11.6 Å². The van der Waals surface area contributed by atoms with Gasteiger partial charge >= 0.3 is 18.3 Å². The number of benzene rings is 1. The highest BCUT2D eigenvalue weighted by atomic mass is 35.5. The first kappa shape index (κ1) is 22.5. The standard InChI is InChI=1S/C16H6ClF8N3O3/c17-8-2-1-6(3-7(8)15(20,21)22)31-10-11(14(18,19)16(23,24)25)27-12(28-13(10)29)9-4-30-5-26-9/h1-5H,(H,27,28,29). The Hall–Kier alpha value is -3.16. The second kappa shape index (κ2) is 7.51. The fourth-order valence-corrected chi connectivity index (χ4v) is 2.48. The number of aromatic nitrogens is 3. The van der Waals surface area contributed by atoms with Gasteiger partial charge in [-0.2, -0.15) is 35.1 Å². The Bertz CT molecular complexity index is 1160. The van der Waals surface area contributed by atoms with Gasteiger partial charge in [-0.25, -0.2) is 9.97 Å². The average molecular weight is 476 g/mol. The van der Waals surface area contributed by atoms with Crippen LogP contribution in [0.2, 0.25) is 5.02 Å². The summed E-state index contributed by atoms with van der Waals surface area (Å²) in [6.07, 6.45) is -9.64. The molecule has 166 valence electrons. The Balaban J connectivity index is 2.20. The second-order valence-corrected chi connectivity index (χ2v) is 6.19. The molecule has 0 bridgehead atoms. The molecule has 1 N–H and O–H groups in total.